The second-order valence-corrected chi connectivity index (χ2v) is 10.1. The van der Waals surface area contributed by atoms with Crippen LogP contribution in [0.3, 0.4) is 0 Å². The van der Waals surface area contributed by atoms with E-state index in [-0.39, 0.29) is 10.8 Å². The van der Waals surface area contributed by atoms with Crippen LogP contribution in [0.15, 0.2) is 29.2 Å². The fraction of sp³-hybridized carbons (Fsp3) is 0.667. The molecule has 1 amide bonds. The van der Waals surface area contributed by atoms with Crippen LogP contribution in [0.5, 0.6) is 0 Å². The van der Waals surface area contributed by atoms with Crippen LogP contribution in [0.2, 0.25) is 0 Å². The Labute approximate surface area is 169 Å². The maximum absolute atomic E-state index is 12.8. The lowest BCUT2D eigenvalue weighted by molar-refractivity contribution is 0.0951. The maximum Gasteiger partial charge on any atom is 0.251 e. The molecule has 6 nitrogen and oxygen atoms in total. The molecule has 2 aliphatic rings. The Morgan fingerprint density at radius 2 is 1.68 bits per heavy atom. The molecule has 156 valence electrons. The van der Waals surface area contributed by atoms with Gasteiger partial charge >= 0.3 is 0 Å². The summed E-state index contributed by atoms with van der Waals surface area (Å²) < 4.78 is 27.1. The number of rotatable bonds is 7. The van der Waals surface area contributed by atoms with Crippen LogP contribution in [0, 0.1) is 5.92 Å². The molecule has 0 spiro atoms. The van der Waals surface area contributed by atoms with Crippen molar-refractivity contribution < 1.29 is 13.2 Å². The van der Waals surface area contributed by atoms with Crippen LogP contribution in [0.25, 0.3) is 0 Å². The van der Waals surface area contributed by atoms with Crippen molar-refractivity contribution in [3.8, 4) is 0 Å². The Morgan fingerprint density at radius 3 is 2.32 bits per heavy atom. The van der Waals surface area contributed by atoms with Crippen molar-refractivity contribution in [2.75, 3.05) is 39.3 Å². The summed E-state index contributed by atoms with van der Waals surface area (Å²) in [7, 11) is -3.47. The molecule has 0 aliphatic carbocycles. The molecule has 0 aromatic heterocycles. The molecular weight excluding hydrogens is 374 g/mol. The monoisotopic (exact) mass is 407 g/mol. The van der Waals surface area contributed by atoms with Gasteiger partial charge in [-0.15, -0.1) is 0 Å². The molecule has 0 saturated carbocycles. The molecule has 1 aromatic carbocycles. The number of nitrogens with zero attached hydrogens (tertiary/aromatic N) is 2. The number of amides is 1. The molecule has 0 unspecified atom stereocenters. The highest BCUT2D eigenvalue weighted by Gasteiger charge is 2.28. The second-order valence-electron chi connectivity index (χ2n) is 8.12. The van der Waals surface area contributed by atoms with Crippen molar-refractivity contribution in [3.05, 3.63) is 29.8 Å². The summed E-state index contributed by atoms with van der Waals surface area (Å²) in [5, 5.41) is 2.94. The molecule has 0 atom stereocenters. The summed E-state index contributed by atoms with van der Waals surface area (Å²) in [6.45, 7) is 7.29. The van der Waals surface area contributed by atoms with Gasteiger partial charge in [-0.1, -0.05) is 13.3 Å². The zero-order chi connectivity index (χ0) is 20.0. The van der Waals surface area contributed by atoms with E-state index in [1.807, 2.05) is 0 Å². The van der Waals surface area contributed by atoms with E-state index in [1.165, 1.54) is 32.4 Å². The summed E-state index contributed by atoms with van der Waals surface area (Å²) in [5.41, 5.74) is 0.504. The van der Waals surface area contributed by atoms with E-state index >= 15 is 0 Å². The molecule has 0 bridgehead atoms. The fourth-order valence-electron chi connectivity index (χ4n) is 3.94. The van der Waals surface area contributed by atoms with E-state index in [2.05, 4.69) is 17.1 Å². The van der Waals surface area contributed by atoms with Crippen LogP contribution in [-0.4, -0.2) is 62.8 Å². The van der Waals surface area contributed by atoms with Crippen LogP contribution in [-0.2, 0) is 10.0 Å². The molecule has 0 radical (unpaired) electrons. The van der Waals surface area contributed by atoms with E-state index in [1.54, 1.807) is 28.6 Å². The predicted octanol–water partition coefficient (Wildman–Crippen LogP) is 2.71. The van der Waals surface area contributed by atoms with Crippen LogP contribution in [0.1, 0.15) is 55.8 Å². The Hall–Kier alpha value is -1.44. The molecule has 2 heterocycles. The molecular formula is C21H33N3O3S. The Morgan fingerprint density at radius 1 is 1.04 bits per heavy atom. The molecule has 2 aliphatic heterocycles. The highest BCUT2D eigenvalue weighted by Crippen LogP contribution is 2.23. The van der Waals surface area contributed by atoms with Gasteiger partial charge < -0.3 is 10.2 Å². The van der Waals surface area contributed by atoms with Gasteiger partial charge in [-0.2, -0.15) is 4.31 Å². The smallest absolute Gasteiger partial charge is 0.251 e. The first-order valence-corrected chi connectivity index (χ1v) is 12.0. The van der Waals surface area contributed by atoms with Crippen molar-refractivity contribution in [2.24, 2.45) is 5.92 Å². The minimum atomic E-state index is -3.47. The summed E-state index contributed by atoms with van der Waals surface area (Å²) in [4.78, 5) is 15.0. The third-order valence-electron chi connectivity index (χ3n) is 5.88. The first kappa shape index (κ1) is 21.3. The van der Waals surface area contributed by atoms with Crippen molar-refractivity contribution >= 4 is 15.9 Å². The highest BCUT2D eigenvalue weighted by atomic mass is 32.2. The van der Waals surface area contributed by atoms with Crippen molar-refractivity contribution in [3.63, 3.8) is 0 Å². The number of benzene rings is 1. The van der Waals surface area contributed by atoms with Gasteiger partial charge in [-0.3, -0.25) is 4.79 Å². The second kappa shape index (κ2) is 9.85. The van der Waals surface area contributed by atoms with Gasteiger partial charge in [0.05, 0.1) is 4.90 Å². The minimum absolute atomic E-state index is 0.144. The zero-order valence-corrected chi connectivity index (χ0v) is 17.7. The molecule has 7 heteroatoms. The molecule has 1 N–H and O–H groups in total. The normalized spacial score (nSPS) is 20.2. The van der Waals surface area contributed by atoms with Crippen LogP contribution in [0.4, 0.5) is 0 Å². The average Bonchev–Trinajstić information content (AvgIpc) is 2.72. The largest absolute Gasteiger partial charge is 0.352 e. The number of carbonyl (C=O) groups excluding carboxylic acids is 1. The van der Waals surface area contributed by atoms with E-state index in [0.717, 1.165) is 25.8 Å². The van der Waals surface area contributed by atoms with Gasteiger partial charge in [0.2, 0.25) is 10.0 Å². The van der Waals surface area contributed by atoms with Gasteiger partial charge in [0.15, 0.2) is 0 Å². The number of nitrogens with one attached hydrogen (secondary N) is 1. The molecule has 28 heavy (non-hydrogen) atoms. The van der Waals surface area contributed by atoms with Crippen molar-refractivity contribution in [1.82, 2.24) is 14.5 Å². The van der Waals surface area contributed by atoms with Gasteiger partial charge in [0.25, 0.3) is 5.91 Å². The summed E-state index contributed by atoms with van der Waals surface area (Å²) in [5.74, 6) is 0.432. The lowest BCUT2D eigenvalue weighted by Gasteiger charge is -2.29. The number of hydrogen-bond acceptors (Lipinski definition) is 4. The molecule has 2 fully saturated rings. The van der Waals surface area contributed by atoms with Gasteiger partial charge in [0.1, 0.15) is 0 Å². The summed E-state index contributed by atoms with van der Waals surface area (Å²) in [6, 6.07) is 6.32. The van der Waals surface area contributed by atoms with Gasteiger partial charge in [-0.25, -0.2) is 8.42 Å². The lowest BCUT2D eigenvalue weighted by Crippen LogP contribution is -2.37. The quantitative estimate of drug-likeness (QED) is 0.706. The number of piperidine rings is 2. The van der Waals surface area contributed by atoms with E-state index in [9.17, 15) is 13.2 Å². The average molecular weight is 408 g/mol. The van der Waals surface area contributed by atoms with Gasteiger partial charge in [-0.05, 0) is 81.9 Å². The zero-order valence-electron chi connectivity index (χ0n) is 16.9. The van der Waals surface area contributed by atoms with Crippen LogP contribution >= 0.6 is 0 Å². The Bertz CT molecular complexity index is 735. The Kier molecular flexibility index (Phi) is 7.48. The molecule has 1 aromatic rings. The third-order valence-corrected chi connectivity index (χ3v) is 7.80. The minimum Gasteiger partial charge on any atom is -0.352 e. The summed E-state index contributed by atoms with van der Waals surface area (Å²) >= 11 is 0. The Balaban J connectivity index is 1.48. The SMILES string of the molecule is CC1CCN(S(=O)(=O)c2ccc(C(=O)NCCCN3CCCCC3)cc2)CC1. The van der Waals surface area contributed by atoms with Crippen LogP contribution < -0.4 is 5.32 Å². The highest BCUT2D eigenvalue weighted by molar-refractivity contribution is 7.89. The first-order valence-electron chi connectivity index (χ1n) is 10.6. The van der Waals surface area contributed by atoms with Crippen molar-refractivity contribution in [2.45, 2.75) is 50.3 Å². The van der Waals surface area contributed by atoms with E-state index in [4.69, 9.17) is 0 Å². The number of likely N-dealkylation sites (tertiary alicyclic amines) is 1. The topological polar surface area (TPSA) is 69.7 Å². The maximum atomic E-state index is 12.8. The van der Waals surface area contributed by atoms with E-state index < -0.39 is 10.0 Å². The molecule has 2 saturated heterocycles. The van der Waals surface area contributed by atoms with E-state index in [0.29, 0.717) is 31.1 Å². The molecule has 3 rings (SSSR count). The fourth-order valence-corrected chi connectivity index (χ4v) is 5.41. The van der Waals surface area contributed by atoms with Crippen molar-refractivity contribution in [1.29, 1.82) is 0 Å². The number of carbonyl (C=O) groups is 1. The third kappa shape index (κ3) is 5.55. The lowest BCUT2D eigenvalue weighted by atomic mass is 10.0. The standard InChI is InChI=1S/C21H33N3O3S/c1-18-10-16-24(17-11-18)28(26,27)20-8-6-19(7-9-20)21(25)22-12-5-15-23-13-3-2-4-14-23/h6-9,18H,2-5,10-17H2,1H3,(H,22,25). The number of hydrogen-bond donors (Lipinski definition) is 1. The van der Waals surface area contributed by atoms with Gasteiger partial charge in [0, 0.05) is 25.2 Å². The first-order chi connectivity index (χ1) is 13.5. The predicted molar refractivity (Wildman–Crippen MR) is 111 cm³/mol. The number of sulfonamides is 1. The summed E-state index contributed by atoms with van der Waals surface area (Å²) in [6.07, 6.45) is 6.62.